The van der Waals surface area contributed by atoms with Crippen molar-refractivity contribution >= 4 is 49.9 Å². The summed E-state index contributed by atoms with van der Waals surface area (Å²) in [5.74, 6) is 1.02. The molecule has 9 heteroatoms. The average molecular weight is 472 g/mol. The highest BCUT2D eigenvalue weighted by atomic mass is 32.1. The summed E-state index contributed by atoms with van der Waals surface area (Å²) in [4.78, 5) is 26.4. The Kier molecular flexibility index (Phi) is 5.06. The number of aryl methyl sites for hydroxylation is 2. The molecule has 4 heterocycles. The molecule has 1 aromatic carbocycles. The Hall–Kier alpha value is -3.72. The van der Waals surface area contributed by atoms with Crippen molar-refractivity contribution in [2.75, 3.05) is 12.4 Å². The number of carbonyl (C=O) groups excluding carboxylic acids is 1. The molecular formula is C25H25N7OS. The van der Waals surface area contributed by atoms with Crippen molar-refractivity contribution in [1.29, 1.82) is 0 Å². The van der Waals surface area contributed by atoms with E-state index in [2.05, 4.69) is 42.2 Å². The van der Waals surface area contributed by atoms with Gasteiger partial charge in [0.2, 0.25) is 5.91 Å². The number of H-pyrrole nitrogens is 1. The molecule has 6 rings (SSSR count). The summed E-state index contributed by atoms with van der Waals surface area (Å²) in [5.41, 5.74) is 4.37. The van der Waals surface area contributed by atoms with Gasteiger partial charge in [-0.2, -0.15) is 5.10 Å². The van der Waals surface area contributed by atoms with Crippen molar-refractivity contribution in [3.05, 3.63) is 65.2 Å². The Labute approximate surface area is 200 Å². The van der Waals surface area contributed by atoms with Crippen molar-refractivity contribution in [3.63, 3.8) is 0 Å². The molecule has 1 aliphatic rings. The number of aromatic nitrogens is 5. The standard InChI is InChI=1S/C25H25N7OS/c1-31-9-3-4-18(31)13-32(2)25(33)15-5-7-19-21(11-15)34-24-22(19)23(26-14-27-24)29-17-6-8-20-16(10-17)12-28-30-20/h3-4,6,8-10,12,14-15H,5,7,11,13H2,1-2H3,(H,28,30)(H,26,27,29). The predicted octanol–water partition coefficient (Wildman–Crippen LogP) is 4.41. The van der Waals surface area contributed by atoms with E-state index in [1.165, 1.54) is 10.4 Å². The summed E-state index contributed by atoms with van der Waals surface area (Å²) in [6.45, 7) is 0.624. The van der Waals surface area contributed by atoms with Gasteiger partial charge in [-0.05, 0) is 55.2 Å². The number of anilines is 2. The van der Waals surface area contributed by atoms with E-state index < -0.39 is 0 Å². The van der Waals surface area contributed by atoms with Gasteiger partial charge in [-0.1, -0.05) is 0 Å². The van der Waals surface area contributed by atoms with Crippen molar-refractivity contribution in [3.8, 4) is 0 Å². The molecule has 0 bridgehead atoms. The van der Waals surface area contributed by atoms with Crippen molar-refractivity contribution in [2.45, 2.75) is 25.8 Å². The van der Waals surface area contributed by atoms with Gasteiger partial charge < -0.3 is 14.8 Å². The Morgan fingerprint density at radius 3 is 3.09 bits per heavy atom. The molecule has 0 spiro atoms. The minimum atomic E-state index is -0.00121. The van der Waals surface area contributed by atoms with Crippen LogP contribution in [0, 0.1) is 5.92 Å². The number of amides is 1. The average Bonchev–Trinajstić information content (AvgIpc) is 3.56. The van der Waals surface area contributed by atoms with E-state index in [1.54, 1.807) is 17.7 Å². The Morgan fingerprint density at radius 1 is 1.32 bits per heavy atom. The molecular weight excluding hydrogens is 446 g/mol. The molecule has 5 aromatic rings. The normalized spacial score (nSPS) is 15.5. The lowest BCUT2D eigenvalue weighted by Gasteiger charge is -2.27. The molecule has 1 amide bonds. The van der Waals surface area contributed by atoms with Gasteiger partial charge in [0.05, 0.1) is 23.6 Å². The van der Waals surface area contributed by atoms with Gasteiger partial charge in [0, 0.05) is 47.9 Å². The fraction of sp³-hybridized carbons (Fsp3) is 0.280. The SMILES string of the molecule is CN(Cc1cccn1C)C(=O)C1CCc2c(sc3ncnc(Nc4ccc5[nH]ncc5c4)c23)C1. The maximum Gasteiger partial charge on any atom is 0.226 e. The molecule has 2 N–H and O–H groups in total. The zero-order valence-electron chi connectivity index (χ0n) is 19.1. The Morgan fingerprint density at radius 2 is 2.24 bits per heavy atom. The first-order valence-corrected chi connectivity index (χ1v) is 12.2. The molecule has 0 fully saturated rings. The number of benzene rings is 1. The zero-order valence-corrected chi connectivity index (χ0v) is 19.9. The largest absolute Gasteiger partial charge is 0.353 e. The second kappa shape index (κ2) is 8.25. The lowest BCUT2D eigenvalue weighted by Crippen LogP contribution is -2.35. The Balaban J connectivity index is 1.25. The van der Waals surface area contributed by atoms with Crippen LogP contribution >= 0.6 is 11.3 Å². The number of thiophene rings is 1. The van der Waals surface area contributed by atoms with Crippen LogP contribution in [-0.2, 0) is 31.2 Å². The van der Waals surface area contributed by atoms with Crippen LogP contribution in [0.1, 0.15) is 22.6 Å². The molecule has 8 nitrogen and oxygen atoms in total. The molecule has 0 aliphatic heterocycles. The molecule has 1 atom stereocenters. The first-order valence-electron chi connectivity index (χ1n) is 11.4. The summed E-state index contributed by atoms with van der Waals surface area (Å²) in [6, 6.07) is 10.2. The fourth-order valence-electron chi connectivity index (χ4n) is 4.87. The number of hydrogen-bond donors (Lipinski definition) is 2. The van der Waals surface area contributed by atoms with Gasteiger partial charge in [-0.25, -0.2) is 9.97 Å². The third-order valence-corrected chi connectivity index (χ3v) is 7.89. The Bertz CT molecular complexity index is 1510. The lowest BCUT2D eigenvalue weighted by molar-refractivity contribution is -0.135. The quantitative estimate of drug-likeness (QED) is 0.396. The monoisotopic (exact) mass is 471 g/mol. The van der Waals surface area contributed by atoms with Gasteiger partial charge in [0.15, 0.2) is 0 Å². The van der Waals surface area contributed by atoms with Crippen molar-refractivity contribution in [2.24, 2.45) is 13.0 Å². The molecule has 34 heavy (non-hydrogen) atoms. The van der Waals surface area contributed by atoms with Gasteiger partial charge >= 0.3 is 0 Å². The number of nitrogens with one attached hydrogen (secondary N) is 2. The van der Waals surface area contributed by atoms with E-state index in [0.29, 0.717) is 6.54 Å². The summed E-state index contributed by atoms with van der Waals surface area (Å²) >= 11 is 1.69. The minimum Gasteiger partial charge on any atom is -0.353 e. The molecule has 0 radical (unpaired) electrons. The smallest absolute Gasteiger partial charge is 0.226 e. The minimum absolute atomic E-state index is 0.00121. The lowest BCUT2D eigenvalue weighted by atomic mass is 9.87. The second-order valence-corrected chi connectivity index (χ2v) is 10.0. The molecule has 0 saturated heterocycles. The highest BCUT2D eigenvalue weighted by Gasteiger charge is 2.30. The number of rotatable bonds is 5. The second-order valence-electron chi connectivity index (χ2n) is 8.95. The maximum absolute atomic E-state index is 13.2. The van der Waals surface area contributed by atoms with Gasteiger partial charge in [-0.15, -0.1) is 11.3 Å². The van der Waals surface area contributed by atoms with Crippen LogP contribution in [0.15, 0.2) is 49.1 Å². The third-order valence-electron chi connectivity index (χ3n) is 6.72. The van der Waals surface area contributed by atoms with Crippen molar-refractivity contribution in [1.82, 2.24) is 29.6 Å². The van der Waals surface area contributed by atoms with Crippen LogP contribution in [-0.4, -0.2) is 42.6 Å². The van der Waals surface area contributed by atoms with Crippen LogP contribution in [0.5, 0.6) is 0 Å². The highest BCUT2D eigenvalue weighted by Crippen LogP contribution is 2.41. The predicted molar refractivity (Wildman–Crippen MR) is 134 cm³/mol. The van der Waals surface area contributed by atoms with E-state index in [0.717, 1.165) is 57.6 Å². The maximum atomic E-state index is 13.2. The summed E-state index contributed by atoms with van der Waals surface area (Å²) in [6.07, 6.45) is 7.88. The summed E-state index contributed by atoms with van der Waals surface area (Å²) < 4.78 is 2.06. The first-order chi connectivity index (χ1) is 16.6. The van der Waals surface area contributed by atoms with Crippen molar-refractivity contribution < 1.29 is 4.79 Å². The molecule has 1 aliphatic carbocycles. The fourth-order valence-corrected chi connectivity index (χ4v) is 6.13. The number of fused-ring (bicyclic) bond motifs is 4. The number of hydrogen-bond acceptors (Lipinski definition) is 6. The van der Waals surface area contributed by atoms with E-state index >= 15 is 0 Å². The van der Waals surface area contributed by atoms with Gasteiger partial charge in [0.1, 0.15) is 17.0 Å². The van der Waals surface area contributed by atoms with E-state index in [1.807, 2.05) is 49.6 Å². The van der Waals surface area contributed by atoms with Crippen LogP contribution in [0.3, 0.4) is 0 Å². The number of aromatic amines is 1. The van der Waals surface area contributed by atoms with Gasteiger partial charge in [-0.3, -0.25) is 9.89 Å². The summed E-state index contributed by atoms with van der Waals surface area (Å²) in [7, 11) is 3.91. The molecule has 1 unspecified atom stereocenters. The van der Waals surface area contributed by atoms with E-state index in [-0.39, 0.29) is 11.8 Å². The van der Waals surface area contributed by atoms with Gasteiger partial charge in [0.25, 0.3) is 0 Å². The zero-order chi connectivity index (χ0) is 23.2. The highest BCUT2D eigenvalue weighted by molar-refractivity contribution is 7.19. The van der Waals surface area contributed by atoms with Crippen LogP contribution < -0.4 is 5.32 Å². The third kappa shape index (κ3) is 3.62. The number of nitrogens with zero attached hydrogens (tertiary/aromatic N) is 5. The molecule has 172 valence electrons. The van der Waals surface area contributed by atoms with Crippen LogP contribution in [0.2, 0.25) is 0 Å². The summed E-state index contributed by atoms with van der Waals surface area (Å²) in [5, 5.41) is 12.7. The van der Waals surface area contributed by atoms with Crippen LogP contribution in [0.4, 0.5) is 11.5 Å². The number of carbonyl (C=O) groups is 1. The molecule has 4 aromatic heterocycles. The van der Waals surface area contributed by atoms with E-state index in [4.69, 9.17) is 0 Å². The van der Waals surface area contributed by atoms with Crippen LogP contribution in [0.25, 0.3) is 21.1 Å². The topological polar surface area (TPSA) is 91.7 Å². The molecule has 0 saturated carbocycles. The van der Waals surface area contributed by atoms with E-state index in [9.17, 15) is 4.79 Å². The first kappa shape index (κ1) is 20.9.